The molecule has 0 amide bonds. The van der Waals surface area contributed by atoms with E-state index in [1.165, 1.54) is 0 Å². The maximum absolute atomic E-state index is 12.0. The highest BCUT2D eigenvalue weighted by Crippen LogP contribution is 2.16. The number of methoxy groups -OCH3 is 2. The average molecular weight is 302 g/mol. The normalized spacial score (nSPS) is 12.3. The van der Waals surface area contributed by atoms with Crippen LogP contribution >= 0.6 is 0 Å². The number of hydrogen-bond donors (Lipinski definition) is 0. The highest BCUT2D eigenvalue weighted by molar-refractivity contribution is 7.93. The summed E-state index contributed by atoms with van der Waals surface area (Å²) in [6, 6.07) is 15.2. The summed E-state index contributed by atoms with van der Waals surface area (Å²) >= 11 is -1.04. The van der Waals surface area contributed by atoms with E-state index in [1.807, 2.05) is 54.6 Å². The first-order valence-electron chi connectivity index (χ1n) is 6.53. The Morgan fingerprint density at radius 2 is 1.43 bits per heavy atom. The first kappa shape index (κ1) is 15.5. The summed E-state index contributed by atoms with van der Waals surface area (Å²) in [5, 5.41) is 1.71. The van der Waals surface area contributed by atoms with Crippen LogP contribution in [-0.2, 0) is 16.9 Å². The van der Waals surface area contributed by atoms with Crippen molar-refractivity contribution in [3.8, 4) is 11.5 Å². The minimum atomic E-state index is -1.04. The van der Waals surface area contributed by atoms with Crippen LogP contribution in [0, 0.1) is 0 Å². The van der Waals surface area contributed by atoms with Gasteiger partial charge in [-0.15, -0.1) is 0 Å². The Morgan fingerprint density at radius 1 is 0.905 bits per heavy atom. The molecule has 0 fully saturated rings. The van der Waals surface area contributed by atoms with Crippen LogP contribution in [0.1, 0.15) is 11.1 Å². The van der Waals surface area contributed by atoms with E-state index in [4.69, 9.17) is 9.47 Å². The summed E-state index contributed by atoms with van der Waals surface area (Å²) in [5.74, 6) is 2.11. The molecule has 1 unspecified atom stereocenters. The fraction of sp³-hybridized carbons (Fsp3) is 0.176. The van der Waals surface area contributed by atoms with Gasteiger partial charge in [-0.3, -0.25) is 0 Å². The smallest absolute Gasteiger partial charge is 0.135 e. The minimum absolute atomic E-state index is 0.497. The summed E-state index contributed by atoms with van der Waals surface area (Å²) in [7, 11) is 3.26. The van der Waals surface area contributed by atoms with E-state index in [1.54, 1.807) is 19.6 Å². The SMILES string of the molecule is COc1ccc(/C=C/[S+]([O-])Cc2ccc(OC)cc2)cc1. The Kier molecular flexibility index (Phi) is 5.72. The van der Waals surface area contributed by atoms with Crippen molar-refractivity contribution in [2.45, 2.75) is 5.75 Å². The van der Waals surface area contributed by atoms with Gasteiger partial charge in [-0.25, -0.2) is 0 Å². The molecule has 110 valence electrons. The Balaban J connectivity index is 1.93. The van der Waals surface area contributed by atoms with Gasteiger partial charge in [0.25, 0.3) is 0 Å². The van der Waals surface area contributed by atoms with Crippen molar-refractivity contribution in [2.24, 2.45) is 0 Å². The van der Waals surface area contributed by atoms with Gasteiger partial charge in [0.1, 0.15) is 22.7 Å². The van der Waals surface area contributed by atoms with Crippen molar-refractivity contribution in [1.29, 1.82) is 0 Å². The first-order chi connectivity index (χ1) is 10.2. The van der Waals surface area contributed by atoms with E-state index in [0.717, 1.165) is 22.6 Å². The molecular formula is C17H18O3S. The number of rotatable bonds is 6. The summed E-state index contributed by atoms with van der Waals surface area (Å²) in [6.45, 7) is 0. The standard InChI is InChI=1S/C17H18O3S/c1-19-16-7-3-14(4-8-16)11-12-21(18)13-15-5-9-17(20-2)10-6-15/h3-12H,13H2,1-2H3/b12-11+. The third-order valence-electron chi connectivity index (χ3n) is 3.00. The Hall–Kier alpha value is -1.91. The van der Waals surface area contributed by atoms with Crippen LogP contribution < -0.4 is 9.47 Å². The molecular weight excluding hydrogens is 284 g/mol. The van der Waals surface area contributed by atoms with Gasteiger partial charge in [0.05, 0.1) is 14.2 Å². The highest BCUT2D eigenvalue weighted by atomic mass is 32.2. The Bertz CT molecular complexity index is 576. The molecule has 0 bridgehead atoms. The second-order valence-corrected chi connectivity index (χ2v) is 5.77. The fourth-order valence-corrected chi connectivity index (χ4v) is 2.73. The Morgan fingerprint density at radius 3 is 1.95 bits per heavy atom. The van der Waals surface area contributed by atoms with Gasteiger partial charge >= 0.3 is 0 Å². The summed E-state index contributed by atoms with van der Waals surface area (Å²) in [6.07, 6.45) is 1.86. The fourth-order valence-electron chi connectivity index (χ4n) is 1.80. The molecule has 0 spiro atoms. The molecule has 0 saturated carbocycles. The van der Waals surface area contributed by atoms with Crippen LogP contribution in [0.5, 0.6) is 11.5 Å². The zero-order chi connectivity index (χ0) is 15.1. The second kappa shape index (κ2) is 7.76. The van der Waals surface area contributed by atoms with Crippen LogP contribution in [0.3, 0.4) is 0 Å². The van der Waals surface area contributed by atoms with E-state index in [2.05, 4.69) is 0 Å². The number of hydrogen-bond acceptors (Lipinski definition) is 3. The van der Waals surface area contributed by atoms with Gasteiger partial charge < -0.3 is 14.0 Å². The molecule has 0 saturated heterocycles. The molecule has 0 aliphatic rings. The molecule has 0 heterocycles. The molecule has 2 rings (SSSR count). The molecule has 0 N–H and O–H groups in total. The highest BCUT2D eigenvalue weighted by Gasteiger charge is 2.04. The van der Waals surface area contributed by atoms with Crippen LogP contribution in [0.25, 0.3) is 6.08 Å². The molecule has 21 heavy (non-hydrogen) atoms. The van der Waals surface area contributed by atoms with Crippen LogP contribution in [-0.4, -0.2) is 18.8 Å². The molecule has 0 aromatic heterocycles. The van der Waals surface area contributed by atoms with Crippen molar-refractivity contribution >= 4 is 17.3 Å². The van der Waals surface area contributed by atoms with E-state index >= 15 is 0 Å². The summed E-state index contributed by atoms with van der Waals surface area (Å²) < 4.78 is 22.2. The monoisotopic (exact) mass is 302 g/mol. The third kappa shape index (κ3) is 4.85. The molecule has 4 heteroatoms. The molecule has 2 aromatic rings. The van der Waals surface area contributed by atoms with E-state index in [9.17, 15) is 4.55 Å². The van der Waals surface area contributed by atoms with E-state index < -0.39 is 11.2 Å². The lowest BCUT2D eigenvalue weighted by molar-refractivity contribution is 0.414. The van der Waals surface area contributed by atoms with Crippen molar-refractivity contribution in [2.75, 3.05) is 14.2 Å². The molecule has 0 aliphatic carbocycles. The predicted octanol–water partition coefficient (Wildman–Crippen LogP) is 3.62. The average Bonchev–Trinajstić information content (AvgIpc) is 2.54. The van der Waals surface area contributed by atoms with Crippen molar-refractivity contribution in [1.82, 2.24) is 0 Å². The van der Waals surface area contributed by atoms with Crippen LogP contribution in [0.2, 0.25) is 0 Å². The zero-order valence-corrected chi connectivity index (χ0v) is 12.9. The summed E-state index contributed by atoms with van der Waals surface area (Å²) in [4.78, 5) is 0. The van der Waals surface area contributed by atoms with Crippen molar-refractivity contribution in [3.05, 3.63) is 65.1 Å². The van der Waals surface area contributed by atoms with Gasteiger partial charge in [0.15, 0.2) is 0 Å². The number of benzene rings is 2. The predicted molar refractivity (Wildman–Crippen MR) is 86.9 cm³/mol. The van der Waals surface area contributed by atoms with Gasteiger partial charge in [0, 0.05) is 5.56 Å². The molecule has 0 aliphatic heterocycles. The van der Waals surface area contributed by atoms with Gasteiger partial charge in [-0.2, -0.15) is 0 Å². The number of ether oxygens (including phenoxy) is 2. The molecule has 1 atom stereocenters. The van der Waals surface area contributed by atoms with Crippen molar-refractivity contribution < 1.29 is 14.0 Å². The maximum Gasteiger partial charge on any atom is 0.135 e. The minimum Gasteiger partial charge on any atom is -0.612 e. The van der Waals surface area contributed by atoms with E-state index in [0.29, 0.717) is 5.75 Å². The quantitative estimate of drug-likeness (QED) is 0.765. The molecule has 3 nitrogen and oxygen atoms in total. The van der Waals surface area contributed by atoms with Crippen LogP contribution in [0.15, 0.2) is 53.9 Å². The third-order valence-corrected chi connectivity index (χ3v) is 4.05. The Labute approximate surface area is 128 Å². The summed E-state index contributed by atoms with van der Waals surface area (Å²) in [5.41, 5.74) is 2.02. The van der Waals surface area contributed by atoms with Gasteiger partial charge in [0.2, 0.25) is 0 Å². The van der Waals surface area contributed by atoms with Gasteiger partial charge in [-0.05, 0) is 47.1 Å². The molecule has 2 aromatic carbocycles. The largest absolute Gasteiger partial charge is 0.612 e. The molecule has 0 radical (unpaired) electrons. The lowest BCUT2D eigenvalue weighted by atomic mass is 10.2. The lowest BCUT2D eigenvalue weighted by Crippen LogP contribution is -2.00. The van der Waals surface area contributed by atoms with Crippen LogP contribution in [0.4, 0.5) is 0 Å². The topological polar surface area (TPSA) is 41.5 Å². The first-order valence-corrected chi connectivity index (χ1v) is 7.92. The maximum atomic E-state index is 12.0. The van der Waals surface area contributed by atoms with E-state index in [-0.39, 0.29) is 0 Å². The lowest BCUT2D eigenvalue weighted by Gasteiger charge is -2.06. The second-order valence-electron chi connectivity index (χ2n) is 4.45. The van der Waals surface area contributed by atoms with Crippen molar-refractivity contribution in [3.63, 3.8) is 0 Å². The zero-order valence-electron chi connectivity index (χ0n) is 12.1. The van der Waals surface area contributed by atoms with Gasteiger partial charge in [-0.1, -0.05) is 24.3 Å².